The van der Waals surface area contributed by atoms with Crippen LogP contribution in [0.4, 0.5) is 11.8 Å². The Labute approximate surface area is 166 Å². The van der Waals surface area contributed by atoms with Gasteiger partial charge in [0.15, 0.2) is 0 Å². The fourth-order valence-corrected chi connectivity index (χ4v) is 4.02. The molecule has 0 radical (unpaired) electrons. The van der Waals surface area contributed by atoms with Crippen LogP contribution in [0, 0.1) is 12.8 Å². The molecule has 2 aromatic rings. The first-order valence-corrected chi connectivity index (χ1v) is 10.2. The van der Waals surface area contributed by atoms with Crippen molar-refractivity contribution in [1.82, 2.24) is 19.9 Å². The van der Waals surface area contributed by atoms with Crippen molar-refractivity contribution < 1.29 is 4.79 Å². The number of aromatic nitrogens is 3. The summed E-state index contributed by atoms with van der Waals surface area (Å²) in [5.41, 5.74) is 1.35. The number of rotatable bonds is 3. The Kier molecular flexibility index (Phi) is 5.41. The third-order valence-electron chi connectivity index (χ3n) is 5.54. The highest BCUT2D eigenvalue weighted by Gasteiger charge is 2.26. The van der Waals surface area contributed by atoms with Crippen LogP contribution in [0.25, 0.3) is 0 Å². The number of hydrogen-bond acceptors (Lipinski definition) is 6. The molecular weight excluding hydrogens is 352 g/mol. The summed E-state index contributed by atoms with van der Waals surface area (Å²) in [6.07, 6.45) is 4.20. The van der Waals surface area contributed by atoms with Crippen LogP contribution in [0.15, 0.2) is 30.5 Å². The van der Waals surface area contributed by atoms with Gasteiger partial charge in [-0.15, -0.1) is 0 Å². The maximum absolute atomic E-state index is 13.1. The molecule has 4 heterocycles. The van der Waals surface area contributed by atoms with Gasteiger partial charge in [0.25, 0.3) is 5.91 Å². The number of carbonyl (C=O) groups excluding carboxylic acids is 1. The van der Waals surface area contributed by atoms with Crippen LogP contribution < -0.4 is 9.80 Å². The van der Waals surface area contributed by atoms with Crippen LogP contribution in [-0.4, -0.2) is 65.0 Å². The highest BCUT2D eigenvalue weighted by atomic mass is 16.2. The van der Waals surface area contributed by atoms with E-state index >= 15 is 0 Å². The molecule has 0 spiro atoms. The third kappa shape index (κ3) is 4.08. The lowest BCUT2D eigenvalue weighted by atomic mass is 10.0. The molecule has 28 heavy (non-hydrogen) atoms. The fourth-order valence-electron chi connectivity index (χ4n) is 4.02. The van der Waals surface area contributed by atoms with Crippen molar-refractivity contribution in [3.63, 3.8) is 0 Å². The van der Waals surface area contributed by atoms with Gasteiger partial charge < -0.3 is 14.7 Å². The number of aryl methyl sites for hydroxylation is 1. The second kappa shape index (κ2) is 8.12. The minimum absolute atomic E-state index is 0.00233. The Bertz CT molecular complexity index is 819. The number of carbonyl (C=O) groups is 1. The predicted octanol–water partition coefficient (Wildman–Crippen LogP) is 2.38. The van der Waals surface area contributed by atoms with Crippen molar-refractivity contribution in [2.45, 2.75) is 26.7 Å². The van der Waals surface area contributed by atoms with Crippen LogP contribution >= 0.6 is 0 Å². The van der Waals surface area contributed by atoms with Crippen molar-refractivity contribution in [3.8, 4) is 0 Å². The molecule has 148 valence electrons. The van der Waals surface area contributed by atoms with E-state index in [1.54, 1.807) is 6.20 Å². The van der Waals surface area contributed by atoms with Gasteiger partial charge >= 0.3 is 0 Å². The van der Waals surface area contributed by atoms with Crippen LogP contribution in [-0.2, 0) is 0 Å². The van der Waals surface area contributed by atoms with Crippen LogP contribution in [0.2, 0.25) is 0 Å². The molecule has 0 bridgehead atoms. The second-order valence-corrected chi connectivity index (χ2v) is 7.86. The Hall–Kier alpha value is -2.70. The second-order valence-electron chi connectivity index (χ2n) is 7.86. The summed E-state index contributed by atoms with van der Waals surface area (Å²) in [5.74, 6) is 2.30. The molecule has 0 aromatic carbocycles. The van der Waals surface area contributed by atoms with Crippen LogP contribution in [0.5, 0.6) is 0 Å². The van der Waals surface area contributed by atoms with E-state index in [9.17, 15) is 4.79 Å². The average Bonchev–Trinajstić information content (AvgIpc) is 2.73. The van der Waals surface area contributed by atoms with Crippen molar-refractivity contribution >= 4 is 17.7 Å². The number of pyridine rings is 1. The normalized spacial score (nSPS) is 20.4. The summed E-state index contributed by atoms with van der Waals surface area (Å²) < 4.78 is 0. The number of hydrogen-bond donors (Lipinski definition) is 0. The third-order valence-corrected chi connectivity index (χ3v) is 5.54. The van der Waals surface area contributed by atoms with E-state index in [4.69, 9.17) is 0 Å². The maximum Gasteiger partial charge on any atom is 0.272 e. The lowest BCUT2D eigenvalue weighted by Crippen LogP contribution is -2.49. The Morgan fingerprint density at radius 1 is 1.07 bits per heavy atom. The summed E-state index contributed by atoms with van der Waals surface area (Å²) in [6, 6.07) is 7.73. The van der Waals surface area contributed by atoms with Gasteiger partial charge in [-0.1, -0.05) is 13.0 Å². The molecule has 2 saturated heterocycles. The van der Waals surface area contributed by atoms with Gasteiger partial charge in [-0.25, -0.2) is 15.0 Å². The Morgan fingerprint density at radius 2 is 1.89 bits per heavy atom. The molecule has 7 heteroatoms. The molecule has 2 fully saturated rings. The highest BCUT2D eigenvalue weighted by molar-refractivity contribution is 5.92. The van der Waals surface area contributed by atoms with E-state index < -0.39 is 0 Å². The van der Waals surface area contributed by atoms with Crippen molar-refractivity contribution in [2.75, 3.05) is 49.1 Å². The van der Waals surface area contributed by atoms with Gasteiger partial charge in [0.2, 0.25) is 5.95 Å². The molecule has 0 saturated carbocycles. The smallest absolute Gasteiger partial charge is 0.272 e. The van der Waals surface area contributed by atoms with Crippen LogP contribution in [0.3, 0.4) is 0 Å². The predicted molar refractivity (Wildman–Crippen MR) is 110 cm³/mol. The summed E-state index contributed by atoms with van der Waals surface area (Å²) in [5, 5.41) is 0. The van der Waals surface area contributed by atoms with Crippen molar-refractivity contribution in [2.24, 2.45) is 5.92 Å². The van der Waals surface area contributed by atoms with Gasteiger partial charge in [-0.3, -0.25) is 4.79 Å². The van der Waals surface area contributed by atoms with E-state index in [2.05, 4.69) is 31.7 Å². The zero-order valence-corrected chi connectivity index (χ0v) is 16.7. The molecule has 0 N–H and O–H groups in total. The Morgan fingerprint density at radius 3 is 2.61 bits per heavy atom. The van der Waals surface area contributed by atoms with Crippen molar-refractivity contribution in [1.29, 1.82) is 0 Å². The average molecular weight is 380 g/mol. The zero-order valence-electron chi connectivity index (χ0n) is 16.7. The molecule has 2 aromatic heterocycles. The minimum atomic E-state index is -0.00233. The lowest BCUT2D eigenvalue weighted by Gasteiger charge is -2.35. The maximum atomic E-state index is 13.1. The molecule has 7 nitrogen and oxygen atoms in total. The Balaban J connectivity index is 1.45. The van der Waals surface area contributed by atoms with Crippen molar-refractivity contribution in [3.05, 3.63) is 41.9 Å². The monoisotopic (exact) mass is 380 g/mol. The molecule has 4 rings (SSSR count). The first kappa shape index (κ1) is 18.7. The number of piperidine rings is 1. The largest absolute Gasteiger partial charge is 0.353 e. The standard InChI is InChI=1S/C21H28N6O/c1-16-6-5-9-27(15-16)21-23-17(2)14-18(24-21)20(28)26-12-10-25(11-13-26)19-7-3-4-8-22-19/h3-4,7-8,14,16H,5-6,9-13,15H2,1-2H3. The minimum Gasteiger partial charge on any atom is -0.353 e. The van der Waals surface area contributed by atoms with E-state index in [0.29, 0.717) is 30.6 Å². The van der Waals surface area contributed by atoms with Gasteiger partial charge in [0.05, 0.1) is 0 Å². The van der Waals surface area contributed by atoms with E-state index in [0.717, 1.165) is 44.1 Å². The molecule has 1 unspecified atom stereocenters. The zero-order chi connectivity index (χ0) is 19.5. The van der Waals surface area contributed by atoms with E-state index in [-0.39, 0.29) is 5.91 Å². The SMILES string of the molecule is Cc1cc(C(=O)N2CCN(c3ccccn3)CC2)nc(N2CCCC(C)C2)n1. The van der Waals surface area contributed by atoms with Gasteiger partial charge in [0, 0.05) is 51.2 Å². The number of piperazine rings is 1. The summed E-state index contributed by atoms with van der Waals surface area (Å²) >= 11 is 0. The lowest BCUT2D eigenvalue weighted by molar-refractivity contribution is 0.0740. The topological polar surface area (TPSA) is 65.5 Å². The summed E-state index contributed by atoms with van der Waals surface area (Å²) in [4.78, 5) is 33.1. The van der Waals surface area contributed by atoms with Gasteiger partial charge in [-0.05, 0) is 43.9 Å². The van der Waals surface area contributed by atoms with Crippen LogP contribution in [0.1, 0.15) is 35.9 Å². The summed E-state index contributed by atoms with van der Waals surface area (Å²) in [6.45, 7) is 9.03. The van der Waals surface area contributed by atoms with E-state index in [1.807, 2.05) is 36.1 Å². The number of amides is 1. The summed E-state index contributed by atoms with van der Waals surface area (Å²) in [7, 11) is 0. The molecule has 2 aliphatic rings. The molecule has 1 atom stereocenters. The molecule has 0 aliphatic carbocycles. The molecule has 2 aliphatic heterocycles. The molecular formula is C21H28N6O. The first-order valence-electron chi connectivity index (χ1n) is 10.2. The fraction of sp³-hybridized carbons (Fsp3) is 0.524. The van der Waals surface area contributed by atoms with Gasteiger partial charge in [0.1, 0.15) is 11.5 Å². The molecule has 1 amide bonds. The number of nitrogens with zero attached hydrogens (tertiary/aromatic N) is 6. The van der Waals surface area contributed by atoms with Gasteiger partial charge in [-0.2, -0.15) is 0 Å². The van der Waals surface area contributed by atoms with E-state index in [1.165, 1.54) is 6.42 Å². The first-order chi connectivity index (χ1) is 13.6. The quantitative estimate of drug-likeness (QED) is 0.815. The number of anilines is 2. The highest BCUT2D eigenvalue weighted by Crippen LogP contribution is 2.21.